The fraction of sp³-hybridized carbons (Fsp3) is 1.00. The van der Waals surface area contributed by atoms with Crippen molar-refractivity contribution in [3.8, 4) is 0 Å². The Morgan fingerprint density at radius 1 is 1.27 bits per heavy atom. The van der Waals surface area contributed by atoms with Crippen LogP contribution in [0.1, 0.15) is 46.5 Å². The third kappa shape index (κ3) is 3.76. The van der Waals surface area contributed by atoms with Gasteiger partial charge in [-0.3, -0.25) is 0 Å². The molecule has 0 saturated heterocycles. The van der Waals surface area contributed by atoms with Crippen molar-refractivity contribution < 1.29 is 5.11 Å². The third-order valence-electron chi connectivity index (χ3n) is 3.73. The highest BCUT2D eigenvalue weighted by Gasteiger charge is 2.29. The lowest BCUT2D eigenvalue weighted by Gasteiger charge is -2.38. The van der Waals surface area contributed by atoms with E-state index in [0.717, 1.165) is 12.5 Å². The van der Waals surface area contributed by atoms with Gasteiger partial charge in [0.2, 0.25) is 0 Å². The highest BCUT2D eigenvalue weighted by molar-refractivity contribution is 4.83. The zero-order chi connectivity index (χ0) is 11.5. The molecule has 90 valence electrons. The summed E-state index contributed by atoms with van der Waals surface area (Å²) in [7, 11) is 2.16. The fourth-order valence-corrected chi connectivity index (χ4v) is 2.80. The predicted octanol–water partition coefficient (Wildman–Crippen LogP) is 2.52. The first-order valence-corrected chi connectivity index (χ1v) is 6.26. The molecule has 0 aliphatic heterocycles. The van der Waals surface area contributed by atoms with Gasteiger partial charge < -0.3 is 10.0 Å². The van der Waals surface area contributed by atoms with Crippen LogP contribution >= 0.6 is 0 Å². The summed E-state index contributed by atoms with van der Waals surface area (Å²) in [6.07, 6.45) is 5.56. The van der Waals surface area contributed by atoms with Gasteiger partial charge in [-0.1, -0.05) is 33.6 Å². The van der Waals surface area contributed by atoms with Gasteiger partial charge in [0.15, 0.2) is 0 Å². The average molecular weight is 213 g/mol. The molecule has 0 amide bonds. The summed E-state index contributed by atoms with van der Waals surface area (Å²) in [6.45, 7) is 8.05. The van der Waals surface area contributed by atoms with E-state index in [1.165, 1.54) is 25.7 Å². The van der Waals surface area contributed by atoms with Gasteiger partial charge in [0, 0.05) is 12.6 Å². The number of hydrogen-bond acceptors (Lipinski definition) is 2. The van der Waals surface area contributed by atoms with Crippen molar-refractivity contribution in [3.63, 3.8) is 0 Å². The molecule has 1 aliphatic rings. The van der Waals surface area contributed by atoms with Gasteiger partial charge in [-0.15, -0.1) is 0 Å². The summed E-state index contributed by atoms with van der Waals surface area (Å²) in [5, 5.41) is 9.46. The van der Waals surface area contributed by atoms with Crippen LogP contribution < -0.4 is 0 Å². The predicted molar refractivity (Wildman–Crippen MR) is 64.9 cm³/mol. The summed E-state index contributed by atoms with van der Waals surface area (Å²) < 4.78 is 0. The van der Waals surface area contributed by atoms with Crippen molar-refractivity contribution in [2.75, 3.05) is 20.2 Å². The van der Waals surface area contributed by atoms with Crippen molar-refractivity contribution >= 4 is 0 Å². The molecule has 0 spiro atoms. The Morgan fingerprint density at radius 2 is 1.80 bits per heavy atom. The average Bonchev–Trinajstić information content (AvgIpc) is 2.54. The normalized spacial score (nSPS) is 21.2. The lowest BCUT2D eigenvalue weighted by molar-refractivity contribution is 0.0564. The minimum Gasteiger partial charge on any atom is -0.395 e. The van der Waals surface area contributed by atoms with Gasteiger partial charge in [-0.2, -0.15) is 0 Å². The van der Waals surface area contributed by atoms with Gasteiger partial charge in [-0.25, -0.2) is 0 Å². The first-order valence-electron chi connectivity index (χ1n) is 6.26. The van der Waals surface area contributed by atoms with Crippen LogP contribution in [0.15, 0.2) is 0 Å². The molecular weight excluding hydrogens is 186 g/mol. The molecule has 0 aromatic heterocycles. The Balaban J connectivity index is 2.45. The molecule has 2 nitrogen and oxygen atoms in total. The molecular formula is C13H27NO. The lowest BCUT2D eigenvalue weighted by Crippen LogP contribution is -2.46. The Hall–Kier alpha value is -0.0800. The molecule has 1 saturated carbocycles. The summed E-state index contributed by atoms with van der Waals surface area (Å²) in [4.78, 5) is 2.36. The van der Waals surface area contributed by atoms with Crippen LogP contribution in [0, 0.1) is 11.3 Å². The number of aliphatic hydroxyl groups excluding tert-OH is 1. The molecule has 0 radical (unpaired) electrons. The Morgan fingerprint density at radius 3 is 2.20 bits per heavy atom. The van der Waals surface area contributed by atoms with E-state index >= 15 is 0 Å². The fourth-order valence-electron chi connectivity index (χ4n) is 2.80. The molecule has 0 aromatic rings. The number of aliphatic hydroxyl groups is 1. The van der Waals surface area contributed by atoms with Crippen molar-refractivity contribution in [3.05, 3.63) is 0 Å². The smallest absolute Gasteiger partial charge is 0.0591 e. The molecule has 1 rings (SSSR count). The molecule has 15 heavy (non-hydrogen) atoms. The first kappa shape index (κ1) is 13.0. The minimum absolute atomic E-state index is 0.169. The molecule has 2 heteroatoms. The maximum absolute atomic E-state index is 9.46. The van der Waals surface area contributed by atoms with E-state index in [1.54, 1.807) is 0 Å². The summed E-state index contributed by atoms with van der Waals surface area (Å²) >= 11 is 0. The number of nitrogens with zero attached hydrogens (tertiary/aromatic N) is 1. The monoisotopic (exact) mass is 213 g/mol. The van der Waals surface area contributed by atoms with Crippen LogP contribution in [0.3, 0.4) is 0 Å². The highest BCUT2D eigenvalue weighted by atomic mass is 16.3. The molecule has 1 fully saturated rings. The highest BCUT2D eigenvalue weighted by Crippen LogP contribution is 2.28. The quantitative estimate of drug-likeness (QED) is 0.775. The van der Waals surface area contributed by atoms with E-state index in [1.807, 2.05) is 0 Å². The van der Waals surface area contributed by atoms with Crippen molar-refractivity contribution in [1.29, 1.82) is 0 Å². The van der Waals surface area contributed by atoms with Crippen LogP contribution in [0.5, 0.6) is 0 Å². The van der Waals surface area contributed by atoms with Gasteiger partial charge in [0.25, 0.3) is 0 Å². The summed E-state index contributed by atoms with van der Waals surface area (Å²) in [5.41, 5.74) is 0.169. The van der Waals surface area contributed by atoms with Crippen molar-refractivity contribution in [1.82, 2.24) is 4.90 Å². The second-order valence-electron chi connectivity index (χ2n) is 6.15. The van der Waals surface area contributed by atoms with E-state index in [4.69, 9.17) is 0 Å². The Labute approximate surface area is 94.7 Å². The molecule has 0 aromatic carbocycles. The molecule has 1 N–H and O–H groups in total. The Bertz CT molecular complexity index is 179. The van der Waals surface area contributed by atoms with Gasteiger partial charge >= 0.3 is 0 Å². The van der Waals surface area contributed by atoms with Crippen molar-refractivity contribution in [2.45, 2.75) is 52.5 Å². The van der Waals surface area contributed by atoms with Crippen LogP contribution in [0.2, 0.25) is 0 Å². The van der Waals surface area contributed by atoms with Crippen LogP contribution in [-0.2, 0) is 0 Å². The maximum Gasteiger partial charge on any atom is 0.0591 e. The maximum atomic E-state index is 9.46. The van der Waals surface area contributed by atoms with Crippen LogP contribution in [0.4, 0.5) is 0 Å². The van der Waals surface area contributed by atoms with Gasteiger partial charge in [-0.05, 0) is 31.2 Å². The second kappa shape index (κ2) is 5.31. The zero-order valence-electron chi connectivity index (χ0n) is 10.8. The number of rotatable bonds is 4. The minimum atomic E-state index is 0.169. The standard InChI is InChI=1S/C13H27NO/c1-13(2,3)12(10-15)14(4)9-11-7-5-6-8-11/h11-12,15H,5-10H2,1-4H3. The number of likely N-dealkylation sites (N-methyl/N-ethyl adjacent to an activating group) is 1. The van der Waals surface area contributed by atoms with E-state index in [-0.39, 0.29) is 18.1 Å². The van der Waals surface area contributed by atoms with E-state index in [0.29, 0.717) is 0 Å². The van der Waals surface area contributed by atoms with Gasteiger partial charge in [0.05, 0.1) is 6.61 Å². The Kier molecular flexibility index (Phi) is 4.60. The van der Waals surface area contributed by atoms with Crippen LogP contribution in [-0.4, -0.2) is 36.2 Å². The lowest BCUT2D eigenvalue weighted by atomic mass is 9.86. The zero-order valence-corrected chi connectivity index (χ0v) is 10.8. The van der Waals surface area contributed by atoms with Crippen molar-refractivity contribution in [2.24, 2.45) is 11.3 Å². The van der Waals surface area contributed by atoms with E-state index in [9.17, 15) is 5.11 Å². The topological polar surface area (TPSA) is 23.5 Å². The third-order valence-corrected chi connectivity index (χ3v) is 3.73. The van der Waals surface area contributed by atoms with E-state index in [2.05, 4.69) is 32.7 Å². The SMILES string of the molecule is CN(CC1CCCC1)C(CO)C(C)(C)C. The largest absolute Gasteiger partial charge is 0.395 e. The summed E-state index contributed by atoms with van der Waals surface area (Å²) in [6, 6.07) is 0.290. The second-order valence-corrected chi connectivity index (χ2v) is 6.15. The molecule has 1 unspecified atom stereocenters. The molecule has 1 atom stereocenters. The molecule has 0 heterocycles. The number of hydrogen-bond donors (Lipinski definition) is 1. The molecule has 1 aliphatic carbocycles. The van der Waals surface area contributed by atoms with E-state index < -0.39 is 0 Å². The molecule has 0 bridgehead atoms. The first-order chi connectivity index (χ1) is 6.95. The van der Waals surface area contributed by atoms with Gasteiger partial charge in [0.1, 0.15) is 0 Å². The summed E-state index contributed by atoms with van der Waals surface area (Å²) in [5.74, 6) is 0.867. The van der Waals surface area contributed by atoms with Crippen LogP contribution in [0.25, 0.3) is 0 Å².